The number of morpholine rings is 1. The van der Waals surface area contributed by atoms with Crippen LogP contribution in [-0.2, 0) is 22.4 Å². The highest BCUT2D eigenvalue weighted by Gasteiger charge is 2.27. The molecule has 0 radical (unpaired) electrons. The van der Waals surface area contributed by atoms with E-state index in [2.05, 4.69) is 12.1 Å². The lowest BCUT2D eigenvalue weighted by atomic mass is 10.0. The summed E-state index contributed by atoms with van der Waals surface area (Å²) in [5, 5.41) is 0. The van der Waals surface area contributed by atoms with Crippen LogP contribution in [0.3, 0.4) is 0 Å². The van der Waals surface area contributed by atoms with Gasteiger partial charge in [0.15, 0.2) is 0 Å². The zero-order chi connectivity index (χ0) is 15.2. The van der Waals surface area contributed by atoms with E-state index in [-0.39, 0.29) is 11.9 Å². The zero-order valence-corrected chi connectivity index (χ0v) is 12.7. The second kappa shape index (κ2) is 7.23. The molecule has 1 aliphatic rings. The number of carbonyl (C=O) groups excluding carboxylic acids is 1. The van der Waals surface area contributed by atoms with Crippen molar-refractivity contribution in [2.45, 2.75) is 18.9 Å². The number of ether oxygens (including phenoxy) is 1. The summed E-state index contributed by atoms with van der Waals surface area (Å²) in [6.07, 6.45) is 1.31. The van der Waals surface area contributed by atoms with E-state index in [4.69, 9.17) is 4.74 Å². The van der Waals surface area contributed by atoms with Crippen LogP contribution in [0.5, 0.6) is 0 Å². The molecule has 1 heterocycles. The molecule has 0 saturated carbocycles. The summed E-state index contributed by atoms with van der Waals surface area (Å²) in [5.74, 6) is 0.190. The Morgan fingerprint density at radius 1 is 1.00 bits per heavy atom. The SMILES string of the molecule is O=C(Cc1ccccc1)N1CCOCC1Cc1ccccc1. The molecule has 3 rings (SSSR count). The molecule has 1 amide bonds. The number of amides is 1. The highest BCUT2D eigenvalue weighted by molar-refractivity contribution is 5.79. The minimum absolute atomic E-state index is 0.132. The molecule has 0 aromatic heterocycles. The highest BCUT2D eigenvalue weighted by atomic mass is 16.5. The van der Waals surface area contributed by atoms with Gasteiger partial charge in [0, 0.05) is 6.54 Å². The van der Waals surface area contributed by atoms with Gasteiger partial charge in [-0.3, -0.25) is 4.79 Å². The standard InChI is InChI=1S/C19H21NO2/c21-19(14-17-9-5-2-6-10-17)20-11-12-22-15-18(20)13-16-7-3-1-4-8-16/h1-10,18H,11-15H2. The Kier molecular flexibility index (Phi) is 4.86. The van der Waals surface area contributed by atoms with Crippen LogP contribution in [0.25, 0.3) is 0 Å². The molecule has 3 nitrogen and oxygen atoms in total. The Morgan fingerprint density at radius 2 is 1.64 bits per heavy atom. The average molecular weight is 295 g/mol. The van der Waals surface area contributed by atoms with Crippen molar-refractivity contribution in [3.05, 3.63) is 71.8 Å². The van der Waals surface area contributed by atoms with Crippen LogP contribution >= 0.6 is 0 Å². The van der Waals surface area contributed by atoms with Crippen molar-refractivity contribution >= 4 is 5.91 Å². The van der Waals surface area contributed by atoms with Gasteiger partial charge in [0.1, 0.15) is 0 Å². The molecule has 1 atom stereocenters. The summed E-state index contributed by atoms with van der Waals surface area (Å²) >= 11 is 0. The van der Waals surface area contributed by atoms with Gasteiger partial charge in [0.25, 0.3) is 0 Å². The lowest BCUT2D eigenvalue weighted by molar-refractivity contribution is -0.139. The van der Waals surface area contributed by atoms with Crippen molar-refractivity contribution in [2.75, 3.05) is 19.8 Å². The first-order chi connectivity index (χ1) is 10.8. The summed E-state index contributed by atoms with van der Waals surface area (Å²) in [7, 11) is 0. The van der Waals surface area contributed by atoms with E-state index >= 15 is 0 Å². The molecule has 1 aliphatic heterocycles. The fourth-order valence-corrected chi connectivity index (χ4v) is 2.91. The van der Waals surface area contributed by atoms with E-state index in [1.54, 1.807) is 0 Å². The van der Waals surface area contributed by atoms with E-state index in [0.717, 1.165) is 12.0 Å². The quantitative estimate of drug-likeness (QED) is 0.868. The van der Waals surface area contributed by atoms with Crippen LogP contribution < -0.4 is 0 Å². The third-order valence-electron chi connectivity index (χ3n) is 4.06. The van der Waals surface area contributed by atoms with Gasteiger partial charge in [-0.05, 0) is 17.5 Å². The van der Waals surface area contributed by atoms with E-state index in [9.17, 15) is 4.79 Å². The summed E-state index contributed by atoms with van der Waals surface area (Å²) < 4.78 is 5.59. The summed E-state index contributed by atoms with van der Waals surface area (Å²) in [6.45, 7) is 1.93. The monoisotopic (exact) mass is 295 g/mol. The Morgan fingerprint density at radius 3 is 2.32 bits per heavy atom. The van der Waals surface area contributed by atoms with Crippen molar-refractivity contribution < 1.29 is 9.53 Å². The molecule has 1 saturated heterocycles. The minimum Gasteiger partial charge on any atom is -0.377 e. The molecule has 0 aliphatic carbocycles. The van der Waals surface area contributed by atoms with Crippen molar-refractivity contribution in [1.82, 2.24) is 4.90 Å². The normalized spacial score (nSPS) is 18.2. The number of nitrogens with zero attached hydrogens (tertiary/aromatic N) is 1. The highest BCUT2D eigenvalue weighted by Crippen LogP contribution is 2.15. The maximum Gasteiger partial charge on any atom is 0.227 e. The number of rotatable bonds is 4. The third kappa shape index (κ3) is 3.74. The summed E-state index contributed by atoms with van der Waals surface area (Å²) in [4.78, 5) is 14.6. The smallest absolute Gasteiger partial charge is 0.227 e. The zero-order valence-electron chi connectivity index (χ0n) is 12.7. The Bertz CT molecular complexity index is 597. The molecule has 0 bridgehead atoms. The van der Waals surface area contributed by atoms with Crippen molar-refractivity contribution in [1.29, 1.82) is 0 Å². The van der Waals surface area contributed by atoms with E-state index in [1.807, 2.05) is 53.4 Å². The molecule has 0 spiro atoms. The fraction of sp³-hybridized carbons (Fsp3) is 0.316. The number of carbonyl (C=O) groups is 1. The second-order valence-corrected chi connectivity index (χ2v) is 5.67. The summed E-state index contributed by atoms with van der Waals surface area (Å²) in [6, 6.07) is 20.4. The van der Waals surface area contributed by atoms with E-state index in [1.165, 1.54) is 5.56 Å². The predicted molar refractivity (Wildman–Crippen MR) is 86.6 cm³/mol. The van der Waals surface area contributed by atoms with Gasteiger partial charge in [0.05, 0.1) is 25.7 Å². The van der Waals surface area contributed by atoms with Crippen LogP contribution in [0.15, 0.2) is 60.7 Å². The number of hydrogen-bond donors (Lipinski definition) is 0. The first-order valence-electron chi connectivity index (χ1n) is 7.78. The lowest BCUT2D eigenvalue weighted by Crippen LogP contribution is -2.50. The van der Waals surface area contributed by atoms with Gasteiger partial charge in [0.2, 0.25) is 5.91 Å². The lowest BCUT2D eigenvalue weighted by Gasteiger charge is -2.36. The van der Waals surface area contributed by atoms with E-state index in [0.29, 0.717) is 26.2 Å². The molecule has 2 aromatic rings. The van der Waals surface area contributed by atoms with Crippen LogP contribution in [0, 0.1) is 0 Å². The molecule has 0 N–H and O–H groups in total. The molecule has 1 fully saturated rings. The van der Waals surface area contributed by atoms with Gasteiger partial charge < -0.3 is 9.64 Å². The summed E-state index contributed by atoms with van der Waals surface area (Å²) in [5.41, 5.74) is 2.31. The van der Waals surface area contributed by atoms with Crippen LogP contribution in [-0.4, -0.2) is 36.6 Å². The van der Waals surface area contributed by atoms with Crippen LogP contribution in [0.1, 0.15) is 11.1 Å². The van der Waals surface area contributed by atoms with Crippen molar-refractivity contribution in [3.8, 4) is 0 Å². The van der Waals surface area contributed by atoms with Gasteiger partial charge in [-0.2, -0.15) is 0 Å². The average Bonchev–Trinajstić information content (AvgIpc) is 2.57. The molecular formula is C19H21NO2. The van der Waals surface area contributed by atoms with Crippen LogP contribution in [0.2, 0.25) is 0 Å². The van der Waals surface area contributed by atoms with Crippen LogP contribution in [0.4, 0.5) is 0 Å². The van der Waals surface area contributed by atoms with Gasteiger partial charge in [-0.25, -0.2) is 0 Å². The second-order valence-electron chi connectivity index (χ2n) is 5.67. The van der Waals surface area contributed by atoms with Gasteiger partial charge >= 0.3 is 0 Å². The fourth-order valence-electron chi connectivity index (χ4n) is 2.91. The van der Waals surface area contributed by atoms with Gasteiger partial charge in [-0.15, -0.1) is 0 Å². The first-order valence-corrected chi connectivity index (χ1v) is 7.78. The number of hydrogen-bond acceptors (Lipinski definition) is 2. The molecule has 1 unspecified atom stereocenters. The molecule has 2 aromatic carbocycles. The predicted octanol–water partition coefficient (Wildman–Crippen LogP) is 2.70. The maximum absolute atomic E-state index is 12.6. The Hall–Kier alpha value is -2.13. The molecule has 114 valence electrons. The molecular weight excluding hydrogens is 274 g/mol. The minimum atomic E-state index is 0.132. The largest absolute Gasteiger partial charge is 0.377 e. The van der Waals surface area contributed by atoms with E-state index < -0.39 is 0 Å². The topological polar surface area (TPSA) is 29.5 Å². The first kappa shape index (κ1) is 14.8. The van der Waals surface area contributed by atoms with Gasteiger partial charge in [-0.1, -0.05) is 60.7 Å². The van der Waals surface area contributed by atoms with Crippen molar-refractivity contribution in [3.63, 3.8) is 0 Å². The van der Waals surface area contributed by atoms with Crippen molar-refractivity contribution in [2.24, 2.45) is 0 Å². The maximum atomic E-state index is 12.6. The Labute approximate surface area is 131 Å². The molecule has 3 heteroatoms. The third-order valence-corrected chi connectivity index (χ3v) is 4.06. The Balaban J connectivity index is 1.68. The molecule has 22 heavy (non-hydrogen) atoms. The number of benzene rings is 2.